The molecule has 6 heteroatoms. The van der Waals surface area contributed by atoms with Crippen molar-refractivity contribution in [3.05, 3.63) is 30.3 Å². The van der Waals surface area contributed by atoms with Gasteiger partial charge in [0.1, 0.15) is 0 Å². The lowest BCUT2D eigenvalue weighted by Crippen LogP contribution is -2.46. The van der Waals surface area contributed by atoms with E-state index in [1.165, 1.54) is 0 Å². The van der Waals surface area contributed by atoms with Crippen LogP contribution in [0, 0.1) is 5.92 Å². The molecule has 0 bridgehead atoms. The van der Waals surface area contributed by atoms with E-state index < -0.39 is 6.03 Å². The molecule has 6 nitrogen and oxygen atoms in total. The smallest absolute Gasteiger partial charge is 0.319 e. The molecule has 0 radical (unpaired) electrons. The van der Waals surface area contributed by atoms with Gasteiger partial charge in [0.15, 0.2) is 0 Å². The van der Waals surface area contributed by atoms with E-state index in [9.17, 15) is 9.59 Å². The van der Waals surface area contributed by atoms with Crippen molar-refractivity contribution in [2.45, 2.75) is 19.9 Å². The van der Waals surface area contributed by atoms with Crippen molar-refractivity contribution < 1.29 is 14.7 Å². The number of carbonyl (C=O) groups excluding carboxylic acids is 2. The second-order valence-electron chi connectivity index (χ2n) is 4.77. The summed E-state index contributed by atoms with van der Waals surface area (Å²) in [5, 5.41) is 16.8. The molecule has 1 aromatic carbocycles. The van der Waals surface area contributed by atoms with Crippen LogP contribution in [-0.4, -0.2) is 36.2 Å². The quantitative estimate of drug-likeness (QED) is 0.624. The second kappa shape index (κ2) is 8.16. The van der Waals surface area contributed by atoms with Crippen LogP contribution in [0.1, 0.15) is 13.8 Å². The van der Waals surface area contributed by atoms with Gasteiger partial charge in [-0.2, -0.15) is 0 Å². The fourth-order valence-corrected chi connectivity index (χ4v) is 1.54. The van der Waals surface area contributed by atoms with E-state index in [4.69, 9.17) is 5.11 Å². The highest BCUT2D eigenvalue weighted by Gasteiger charge is 2.15. The van der Waals surface area contributed by atoms with Gasteiger partial charge in [-0.1, -0.05) is 32.0 Å². The van der Waals surface area contributed by atoms with E-state index in [1.807, 2.05) is 19.9 Å². The molecule has 0 aliphatic rings. The molecule has 0 aliphatic carbocycles. The predicted molar refractivity (Wildman–Crippen MR) is 77.3 cm³/mol. The number of hydrogen-bond donors (Lipinski definition) is 4. The van der Waals surface area contributed by atoms with Gasteiger partial charge < -0.3 is 21.1 Å². The summed E-state index contributed by atoms with van der Waals surface area (Å²) in [7, 11) is 0. The first-order valence-corrected chi connectivity index (χ1v) is 6.53. The Bertz CT molecular complexity index is 435. The number of aliphatic hydroxyl groups is 1. The van der Waals surface area contributed by atoms with E-state index in [2.05, 4.69) is 16.0 Å². The molecule has 1 rings (SSSR count). The monoisotopic (exact) mass is 279 g/mol. The fourth-order valence-electron chi connectivity index (χ4n) is 1.54. The molecular weight excluding hydrogens is 258 g/mol. The maximum absolute atomic E-state index is 11.6. The summed E-state index contributed by atoms with van der Waals surface area (Å²) in [6.45, 7) is 3.54. The van der Waals surface area contributed by atoms with E-state index in [-0.39, 0.29) is 31.0 Å². The van der Waals surface area contributed by atoms with Crippen LogP contribution in [-0.2, 0) is 4.79 Å². The highest BCUT2D eigenvalue weighted by Crippen LogP contribution is 2.04. The largest absolute Gasteiger partial charge is 0.394 e. The van der Waals surface area contributed by atoms with Gasteiger partial charge in [0.25, 0.3) is 0 Å². The van der Waals surface area contributed by atoms with E-state index in [1.54, 1.807) is 24.3 Å². The number of anilines is 1. The summed E-state index contributed by atoms with van der Waals surface area (Å²) < 4.78 is 0. The molecule has 20 heavy (non-hydrogen) atoms. The van der Waals surface area contributed by atoms with Gasteiger partial charge in [0.2, 0.25) is 5.91 Å². The Morgan fingerprint density at radius 3 is 2.40 bits per heavy atom. The molecule has 0 aliphatic heterocycles. The van der Waals surface area contributed by atoms with Crippen LogP contribution < -0.4 is 16.0 Å². The van der Waals surface area contributed by atoms with Crippen molar-refractivity contribution in [1.29, 1.82) is 0 Å². The summed E-state index contributed by atoms with van der Waals surface area (Å²) in [5.41, 5.74) is 0.654. The number of hydrogen-bond acceptors (Lipinski definition) is 3. The Morgan fingerprint density at radius 2 is 1.85 bits per heavy atom. The minimum atomic E-state index is -0.448. The van der Waals surface area contributed by atoms with Crippen molar-refractivity contribution in [3.63, 3.8) is 0 Å². The van der Waals surface area contributed by atoms with Crippen LogP contribution in [0.5, 0.6) is 0 Å². The molecular formula is C14H21N3O3. The van der Waals surface area contributed by atoms with Crippen molar-refractivity contribution in [3.8, 4) is 0 Å². The van der Waals surface area contributed by atoms with E-state index in [0.29, 0.717) is 5.69 Å². The summed E-state index contributed by atoms with van der Waals surface area (Å²) in [6.07, 6.45) is 0. The number of amides is 3. The standard InChI is InChI=1S/C14H21N3O3/c1-10(2)12(9-18)17-13(19)8-15-14(20)16-11-6-4-3-5-7-11/h3-7,10,12,18H,8-9H2,1-2H3,(H,17,19)(H2,15,16,20). The molecule has 0 spiro atoms. The Balaban J connectivity index is 2.32. The van der Waals surface area contributed by atoms with E-state index in [0.717, 1.165) is 0 Å². The molecule has 110 valence electrons. The Kier molecular flexibility index (Phi) is 6.52. The molecule has 3 amide bonds. The Labute approximate surface area is 118 Å². The van der Waals surface area contributed by atoms with Gasteiger partial charge in [0.05, 0.1) is 19.2 Å². The van der Waals surface area contributed by atoms with Gasteiger partial charge in [-0.15, -0.1) is 0 Å². The number of aliphatic hydroxyl groups excluding tert-OH is 1. The summed E-state index contributed by atoms with van der Waals surface area (Å²) >= 11 is 0. The zero-order chi connectivity index (χ0) is 15.0. The molecule has 0 saturated carbocycles. The molecule has 0 heterocycles. The van der Waals surface area contributed by atoms with Gasteiger partial charge >= 0.3 is 6.03 Å². The van der Waals surface area contributed by atoms with Crippen LogP contribution in [0.2, 0.25) is 0 Å². The zero-order valence-corrected chi connectivity index (χ0v) is 11.7. The van der Waals surface area contributed by atoms with Gasteiger partial charge in [-0.05, 0) is 18.1 Å². The van der Waals surface area contributed by atoms with Crippen LogP contribution >= 0.6 is 0 Å². The number of urea groups is 1. The van der Waals surface area contributed by atoms with Crippen LogP contribution in [0.25, 0.3) is 0 Å². The molecule has 0 saturated heterocycles. The average Bonchev–Trinajstić information content (AvgIpc) is 2.43. The Hall–Kier alpha value is -2.08. The summed E-state index contributed by atoms with van der Waals surface area (Å²) in [5.74, 6) is -0.206. The van der Waals surface area contributed by atoms with Crippen LogP contribution in [0.3, 0.4) is 0 Å². The fraction of sp³-hybridized carbons (Fsp3) is 0.429. The third-order valence-corrected chi connectivity index (χ3v) is 2.79. The van der Waals surface area contributed by atoms with Gasteiger partial charge in [0, 0.05) is 5.69 Å². The lowest BCUT2D eigenvalue weighted by atomic mass is 10.1. The third kappa shape index (κ3) is 5.71. The molecule has 0 fully saturated rings. The van der Waals surface area contributed by atoms with Crippen LogP contribution in [0.4, 0.5) is 10.5 Å². The van der Waals surface area contributed by atoms with Crippen LogP contribution in [0.15, 0.2) is 30.3 Å². The second-order valence-corrected chi connectivity index (χ2v) is 4.77. The minimum Gasteiger partial charge on any atom is -0.394 e. The lowest BCUT2D eigenvalue weighted by Gasteiger charge is -2.19. The summed E-state index contributed by atoms with van der Waals surface area (Å²) in [4.78, 5) is 23.2. The highest BCUT2D eigenvalue weighted by atomic mass is 16.3. The highest BCUT2D eigenvalue weighted by molar-refractivity contribution is 5.92. The normalized spacial score (nSPS) is 11.8. The number of para-hydroxylation sites is 1. The lowest BCUT2D eigenvalue weighted by molar-refractivity contribution is -0.121. The number of nitrogens with one attached hydrogen (secondary N) is 3. The maximum atomic E-state index is 11.6. The van der Waals surface area contributed by atoms with Crippen molar-refractivity contribution >= 4 is 17.6 Å². The SMILES string of the molecule is CC(C)C(CO)NC(=O)CNC(=O)Nc1ccccc1. The number of rotatable bonds is 6. The van der Waals surface area contributed by atoms with Crippen molar-refractivity contribution in [1.82, 2.24) is 10.6 Å². The first-order valence-electron chi connectivity index (χ1n) is 6.53. The van der Waals surface area contributed by atoms with E-state index >= 15 is 0 Å². The molecule has 1 aromatic rings. The average molecular weight is 279 g/mol. The first kappa shape index (κ1) is 16.0. The minimum absolute atomic E-state index is 0.125. The maximum Gasteiger partial charge on any atom is 0.319 e. The predicted octanol–water partition coefficient (Wildman–Crippen LogP) is 0.941. The third-order valence-electron chi connectivity index (χ3n) is 2.79. The molecule has 0 aromatic heterocycles. The van der Waals surface area contributed by atoms with Crippen molar-refractivity contribution in [2.24, 2.45) is 5.92 Å². The van der Waals surface area contributed by atoms with Gasteiger partial charge in [-0.25, -0.2) is 4.79 Å². The molecule has 1 unspecified atom stereocenters. The number of benzene rings is 1. The molecule has 1 atom stereocenters. The van der Waals surface area contributed by atoms with Gasteiger partial charge in [-0.3, -0.25) is 4.79 Å². The topological polar surface area (TPSA) is 90.5 Å². The summed E-state index contributed by atoms with van der Waals surface area (Å²) in [6, 6.07) is 8.20. The van der Waals surface area contributed by atoms with Crippen molar-refractivity contribution in [2.75, 3.05) is 18.5 Å². The first-order chi connectivity index (χ1) is 9.52. The zero-order valence-electron chi connectivity index (χ0n) is 11.7. The Morgan fingerprint density at radius 1 is 1.20 bits per heavy atom. The number of carbonyl (C=O) groups is 2. The molecule has 4 N–H and O–H groups in total.